The third-order valence-electron chi connectivity index (χ3n) is 6.16. The van der Waals surface area contributed by atoms with Crippen LogP contribution >= 0.6 is 0 Å². The van der Waals surface area contributed by atoms with E-state index in [1.165, 1.54) is 21.8 Å². The molecule has 0 bridgehead atoms. The molecule has 1 aliphatic heterocycles. The van der Waals surface area contributed by atoms with Crippen LogP contribution in [0.1, 0.15) is 26.2 Å². The largest absolute Gasteiger partial charge is 0.355 e. The number of amides is 3. The molecule has 0 spiro atoms. The predicted octanol–water partition coefficient (Wildman–Crippen LogP) is 3.08. The first kappa shape index (κ1) is 22.1. The monoisotopic (exact) mass is 435 g/mol. The number of likely N-dealkylation sites (tertiary alicyclic amines) is 1. The Labute approximate surface area is 189 Å². The van der Waals surface area contributed by atoms with Crippen LogP contribution in [0, 0.1) is 0 Å². The number of nitrogens with one attached hydrogen (secondary N) is 3. The summed E-state index contributed by atoms with van der Waals surface area (Å²) in [5.74, 6) is 0.0843. The molecule has 0 unspecified atom stereocenters. The molecule has 7 heteroatoms. The Morgan fingerprint density at radius 3 is 2.16 bits per heavy atom. The first-order valence-corrected chi connectivity index (χ1v) is 11.6. The van der Waals surface area contributed by atoms with Crippen molar-refractivity contribution in [2.45, 2.75) is 38.8 Å². The van der Waals surface area contributed by atoms with Crippen LogP contribution in [-0.2, 0) is 11.3 Å². The second-order valence-corrected chi connectivity index (χ2v) is 8.49. The highest BCUT2D eigenvalue weighted by Gasteiger charge is 2.22. The molecule has 7 nitrogen and oxygen atoms in total. The summed E-state index contributed by atoms with van der Waals surface area (Å²) in [6.45, 7) is 6.14. The summed E-state index contributed by atoms with van der Waals surface area (Å²) in [6.07, 6.45) is 2.67. The minimum atomic E-state index is -0.120. The summed E-state index contributed by atoms with van der Waals surface area (Å²) in [5, 5.41) is 11.5. The van der Waals surface area contributed by atoms with Crippen LogP contribution in [0.2, 0.25) is 0 Å². The highest BCUT2D eigenvalue weighted by atomic mass is 16.2. The molecule has 2 aromatic carbocycles. The van der Waals surface area contributed by atoms with Gasteiger partial charge >= 0.3 is 6.03 Å². The fourth-order valence-corrected chi connectivity index (χ4v) is 4.52. The van der Waals surface area contributed by atoms with Gasteiger partial charge in [0, 0.05) is 60.6 Å². The summed E-state index contributed by atoms with van der Waals surface area (Å²) in [6, 6.07) is 16.8. The van der Waals surface area contributed by atoms with Crippen molar-refractivity contribution >= 4 is 33.7 Å². The second kappa shape index (κ2) is 10.5. The van der Waals surface area contributed by atoms with Gasteiger partial charge in [-0.15, -0.1) is 0 Å². The lowest BCUT2D eigenvalue weighted by Gasteiger charge is -2.31. The van der Waals surface area contributed by atoms with Crippen molar-refractivity contribution in [2.75, 3.05) is 32.7 Å². The third-order valence-corrected chi connectivity index (χ3v) is 6.16. The number of para-hydroxylation sites is 2. The molecule has 1 aliphatic rings. The zero-order chi connectivity index (χ0) is 22.3. The van der Waals surface area contributed by atoms with Gasteiger partial charge in [0.2, 0.25) is 5.91 Å². The summed E-state index contributed by atoms with van der Waals surface area (Å²) >= 11 is 0. The number of urea groups is 1. The topological polar surface area (TPSA) is 78.4 Å². The Balaban J connectivity index is 1.24. The normalized spacial score (nSPS) is 15.2. The van der Waals surface area contributed by atoms with E-state index in [4.69, 9.17) is 0 Å². The van der Waals surface area contributed by atoms with Gasteiger partial charge in [0.25, 0.3) is 0 Å². The van der Waals surface area contributed by atoms with Crippen molar-refractivity contribution in [1.82, 2.24) is 25.4 Å². The summed E-state index contributed by atoms with van der Waals surface area (Å²) in [5.41, 5.74) is 2.37. The van der Waals surface area contributed by atoms with Crippen molar-refractivity contribution in [3.05, 3.63) is 48.5 Å². The van der Waals surface area contributed by atoms with Gasteiger partial charge < -0.3 is 20.5 Å². The van der Waals surface area contributed by atoms with Crippen molar-refractivity contribution in [3.63, 3.8) is 0 Å². The molecule has 0 radical (unpaired) electrons. The van der Waals surface area contributed by atoms with Crippen molar-refractivity contribution in [2.24, 2.45) is 0 Å². The zero-order valence-electron chi connectivity index (χ0n) is 18.8. The first-order valence-electron chi connectivity index (χ1n) is 11.6. The number of hydrogen-bond donors (Lipinski definition) is 3. The minimum Gasteiger partial charge on any atom is -0.355 e. The Hall–Kier alpha value is -3.06. The average molecular weight is 436 g/mol. The molecular formula is C25H33N5O2. The van der Waals surface area contributed by atoms with Crippen LogP contribution in [0.5, 0.6) is 0 Å². The van der Waals surface area contributed by atoms with E-state index in [9.17, 15) is 9.59 Å². The molecule has 32 heavy (non-hydrogen) atoms. The van der Waals surface area contributed by atoms with Gasteiger partial charge in [-0.05, 0) is 31.4 Å². The predicted molar refractivity (Wildman–Crippen MR) is 129 cm³/mol. The van der Waals surface area contributed by atoms with E-state index in [-0.39, 0.29) is 18.0 Å². The van der Waals surface area contributed by atoms with Crippen LogP contribution in [0.25, 0.3) is 21.8 Å². The van der Waals surface area contributed by atoms with Gasteiger partial charge in [-0.1, -0.05) is 43.3 Å². The van der Waals surface area contributed by atoms with E-state index in [0.717, 1.165) is 38.9 Å². The maximum atomic E-state index is 12.4. The molecule has 170 valence electrons. The Kier molecular flexibility index (Phi) is 7.27. The molecule has 2 heterocycles. The van der Waals surface area contributed by atoms with E-state index in [1.807, 2.05) is 6.92 Å². The smallest absolute Gasteiger partial charge is 0.315 e. The van der Waals surface area contributed by atoms with Gasteiger partial charge in [0.05, 0.1) is 6.54 Å². The van der Waals surface area contributed by atoms with Crippen LogP contribution < -0.4 is 16.0 Å². The van der Waals surface area contributed by atoms with E-state index in [2.05, 4.69) is 73.9 Å². The number of fused-ring (bicyclic) bond motifs is 3. The molecule has 0 atom stereocenters. The van der Waals surface area contributed by atoms with E-state index in [0.29, 0.717) is 19.6 Å². The highest BCUT2D eigenvalue weighted by Crippen LogP contribution is 2.28. The molecule has 0 saturated carbocycles. The number of rotatable bonds is 8. The molecule has 4 rings (SSSR count). The number of piperidine rings is 1. The molecule has 3 amide bonds. The van der Waals surface area contributed by atoms with Crippen LogP contribution in [0.3, 0.4) is 0 Å². The van der Waals surface area contributed by atoms with Gasteiger partial charge in [-0.25, -0.2) is 4.79 Å². The average Bonchev–Trinajstić information content (AvgIpc) is 3.13. The Bertz CT molecular complexity index is 1020. The molecule has 0 aliphatic carbocycles. The lowest BCUT2D eigenvalue weighted by molar-refractivity contribution is -0.122. The third kappa shape index (κ3) is 5.22. The number of hydrogen-bond acceptors (Lipinski definition) is 3. The minimum absolute atomic E-state index is 0.0843. The standard InChI is InChI=1S/C25H33N5O2/c1-2-13-26-24(31)18-29-15-11-19(12-16-29)28-25(32)27-14-17-30-22-9-5-3-7-20(22)21-8-4-6-10-23(21)30/h3-10,19H,2,11-18H2,1H3,(H,26,31)(H2,27,28,32). The maximum Gasteiger partial charge on any atom is 0.315 e. The van der Waals surface area contributed by atoms with Crippen molar-refractivity contribution in [1.29, 1.82) is 0 Å². The maximum absolute atomic E-state index is 12.4. The number of nitrogens with zero attached hydrogens (tertiary/aromatic N) is 2. The molecule has 1 aromatic heterocycles. The second-order valence-electron chi connectivity index (χ2n) is 8.49. The van der Waals surface area contributed by atoms with Crippen molar-refractivity contribution in [3.8, 4) is 0 Å². The Morgan fingerprint density at radius 1 is 0.906 bits per heavy atom. The number of carbonyl (C=O) groups is 2. The summed E-state index contributed by atoms with van der Waals surface area (Å²) < 4.78 is 2.27. The SMILES string of the molecule is CCCNC(=O)CN1CCC(NC(=O)NCCn2c3ccccc3c3ccccc32)CC1. The number of benzene rings is 2. The molecule has 3 N–H and O–H groups in total. The van der Waals surface area contributed by atoms with E-state index in [1.54, 1.807) is 0 Å². The van der Waals surface area contributed by atoms with Crippen LogP contribution in [-0.4, -0.2) is 60.2 Å². The molecule has 3 aromatic rings. The van der Waals surface area contributed by atoms with Gasteiger partial charge in [-0.2, -0.15) is 0 Å². The van der Waals surface area contributed by atoms with Gasteiger partial charge in [0.15, 0.2) is 0 Å². The lowest BCUT2D eigenvalue weighted by Crippen LogP contribution is -2.49. The fourth-order valence-electron chi connectivity index (χ4n) is 4.52. The van der Waals surface area contributed by atoms with Gasteiger partial charge in [-0.3, -0.25) is 9.69 Å². The molecular weight excluding hydrogens is 402 g/mol. The van der Waals surface area contributed by atoms with Crippen LogP contribution in [0.15, 0.2) is 48.5 Å². The summed E-state index contributed by atoms with van der Waals surface area (Å²) in [7, 11) is 0. The summed E-state index contributed by atoms with van der Waals surface area (Å²) in [4.78, 5) is 26.5. The molecule has 1 fully saturated rings. The number of aromatic nitrogens is 1. The van der Waals surface area contributed by atoms with E-state index < -0.39 is 0 Å². The Morgan fingerprint density at radius 2 is 1.53 bits per heavy atom. The molecule has 1 saturated heterocycles. The zero-order valence-corrected chi connectivity index (χ0v) is 18.8. The van der Waals surface area contributed by atoms with E-state index >= 15 is 0 Å². The highest BCUT2D eigenvalue weighted by molar-refractivity contribution is 6.07. The lowest BCUT2D eigenvalue weighted by atomic mass is 10.1. The fraction of sp³-hybridized carbons (Fsp3) is 0.440. The quantitative estimate of drug-likeness (QED) is 0.509. The number of carbonyl (C=O) groups excluding carboxylic acids is 2. The van der Waals surface area contributed by atoms with Crippen molar-refractivity contribution < 1.29 is 9.59 Å². The first-order chi connectivity index (χ1) is 15.7. The van der Waals surface area contributed by atoms with Gasteiger partial charge in [0.1, 0.15) is 0 Å². The van der Waals surface area contributed by atoms with Crippen LogP contribution in [0.4, 0.5) is 4.79 Å².